The summed E-state index contributed by atoms with van der Waals surface area (Å²) in [5, 5.41) is 0. The second kappa shape index (κ2) is 7.42. The van der Waals surface area contributed by atoms with Gasteiger partial charge in [-0.1, -0.05) is 18.2 Å². The molecule has 154 valence electrons. The van der Waals surface area contributed by atoms with E-state index in [-0.39, 0.29) is 16.8 Å². The summed E-state index contributed by atoms with van der Waals surface area (Å²) in [5.74, 6) is -0.222. The standard InChI is InChI=1S/C21H25N3O4S/c1-15-13-17-7-3-4-8-19(17)24(15)21(26)16(2)23-14-18(9-10-20(23)25)29(27,28)22-11-5-6-12-22/h3-4,7-10,14-16H,5-6,11-13H2,1-2H3. The van der Waals surface area contributed by atoms with E-state index < -0.39 is 21.6 Å². The lowest BCUT2D eigenvalue weighted by molar-refractivity contribution is -0.121. The van der Waals surface area contributed by atoms with E-state index in [0.717, 1.165) is 30.5 Å². The smallest absolute Gasteiger partial charge is 0.251 e. The van der Waals surface area contributed by atoms with Crippen molar-refractivity contribution >= 4 is 21.6 Å². The number of hydrogen-bond donors (Lipinski definition) is 0. The minimum atomic E-state index is -3.67. The lowest BCUT2D eigenvalue weighted by atomic mass is 10.1. The van der Waals surface area contributed by atoms with Crippen molar-refractivity contribution < 1.29 is 13.2 Å². The summed E-state index contributed by atoms with van der Waals surface area (Å²) in [6.07, 6.45) is 3.73. The third-order valence-electron chi connectivity index (χ3n) is 5.83. The Bertz CT molecular complexity index is 1100. The molecule has 0 aliphatic carbocycles. The number of para-hydroxylation sites is 1. The zero-order valence-corrected chi connectivity index (χ0v) is 17.4. The van der Waals surface area contributed by atoms with E-state index in [2.05, 4.69) is 0 Å². The molecule has 4 rings (SSSR count). The van der Waals surface area contributed by atoms with Crippen LogP contribution < -0.4 is 10.5 Å². The highest BCUT2D eigenvalue weighted by Gasteiger charge is 2.34. The van der Waals surface area contributed by atoms with E-state index in [1.807, 2.05) is 31.2 Å². The predicted molar refractivity (Wildman–Crippen MR) is 110 cm³/mol. The molecular formula is C21H25N3O4S. The summed E-state index contributed by atoms with van der Waals surface area (Å²) < 4.78 is 28.4. The maximum absolute atomic E-state index is 13.3. The Balaban J connectivity index is 1.68. The van der Waals surface area contributed by atoms with E-state index in [4.69, 9.17) is 0 Å². The molecule has 8 heteroatoms. The number of anilines is 1. The van der Waals surface area contributed by atoms with Crippen LogP contribution in [-0.2, 0) is 21.2 Å². The largest absolute Gasteiger partial charge is 0.307 e. The van der Waals surface area contributed by atoms with Crippen LogP contribution in [-0.4, -0.2) is 42.3 Å². The van der Waals surface area contributed by atoms with Crippen molar-refractivity contribution in [1.29, 1.82) is 0 Å². The van der Waals surface area contributed by atoms with E-state index in [0.29, 0.717) is 13.1 Å². The topological polar surface area (TPSA) is 79.7 Å². The van der Waals surface area contributed by atoms with Gasteiger partial charge in [0.05, 0.1) is 4.90 Å². The zero-order chi connectivity index (χ0) is 20.8. The van der Waals surface area contributed by atoms with Crippen molar-refractivity contribution in [2.45, 2.75) is 50.1 Å². The van der Waals surface area contributed by atoms with Gasteiger partial charge in [-0.25, -0.2) is 8.42 Å². The van der Waals surface area contributed by atoms with Crippen LogP contribution in [0.25, 0.3) is 0 Å². The van der Waals surface area contributed by atoms with Gasteiger partial charge in [0.1, 0.15) is 6.04 Å². The van der Waals surface area contributed by atoms with Crippen molar-refractivity contribution in [3.8, 4) is 0 Å². The molecule has 2 aliphatic heterocycles. The first-order valence-corrected chi connectivity index (χ1v) is 11.4. The third-order valence-corrected chi connectivity index (χ3v) is 7.72. The van der Waals surface area contributed by atoms with Crippen LogP contribution in [0.2, 0.25) is 0 Å². The Labute approximate surface area is 170 Å². The Hall–Kier alpha value is -2.45. The van der Waals surface area contributed by atoms with Gasteiger partial charge in [0.2, 0.25) is 15.9 Å². The summed E-state index contributed by atoms with van der Waals surface area (Å²) in [7, 11) is -3.67. The minimum Gasteiger partial charge on any atom is -0.307 e. The number of rotatable bonds is 4. The lowest BCUT2D eigenvalue weighted by Crippen LogP contribution is -2.42. The molecule has 0 bridgehead atoms. The molecule has 0 spiro atoms. The van der Waals surface area contributed by atoms with Gasteiger partial charge in [0.15, 0.2) is 0 Å². The van der Waals surface area contributed by atoms with Crippen LogP contribution in [0.5, 0.6) is 0 Å². The number of aromatic nitrogens is 1. The molecule has 2 aromatic rings. The monoisotopic (exact) mass is 415 g/mol. The van der Waals surface area contributed by atoms with Crippen LogP contribution >= 0.6 is 0 Å². The van der Waals surface area contributed by atoms with E-state index in [9.17, 15) is 18.0 Å². The number of carbonyl (C=O) groups excluding carboxylic acids is 1. The molecule has 2 aliphatic rings. The Morgan fingerprint density at radius 1 is 1.10 bits per heavy atom. The zero-order valence-electron chi connectivity index (χ0n) is 16.6. The molecule has 1 saturated heterocycles. The molecule has 1 aromatic heterocycles. The molecule has 7 nitrogen and oxygen atoms in total. The number of amides is 1. The van der Waals surface area contributed by atoms with E-state index in [1.54, 1.807) is 11.8 Å². The number of sulfonamides is 1. The molecule has 2 unspecified atom stereocenters. The molecule has 1 amide bonds. The number of pyridine rings is 1. The van der Waals surface area contributed by atoms with Gasteiger partial charge in [0.25, 0.3) is 5.56 Å². The van der Waals surface area contributed by atoms with Crippen molar-refractivity contribution in [3.05, 3.63) is 58.5 Å². The maximum atomic E-state index is 13.3. The average molecular weight is 416 g/mol. The van der Waals surface area contributed by atoms with Crippen LogP contribution in [0.1, 0.15) is 38.3 Å². The fraction of sp³-hybridized carbons (Fsp3) is 0.429. The van der Waals surface area contributed by atoms with Crippen LogP contribution in [0, 0.1) is 0 Å². The highest BCUT2D eigenvalue weighted by molar-refractivity contribution is 7.89. The summed E-state index contributed by atoms with van der Waals surface area (Å²) >= 11 is 0. The average Bonchev–Trinajstić information content (AvgIpc) is 3.35. The molecule has 0 saturated carbocycles. The first-order chi connectivity index (χ1) is 13.8. The summed E-state index contributed by atoms with van der Waals surface area (Å²) in [5.41, 5.74) is 1.55. The number of carbonyl (C=O) groups is 1. The van der Waals surface area contributed by atoms with Gasteiger partial charge < -0.3 is 9.47 Å². The van der Waals surface area contributed by atoms with Crippen molar-refractivity contribution in [2.75, 3.05) is 18.0 Å². The van der Waals surface area contributed by atoms with Gasteiger partial charge >= 0.3 is 0 Å². The van der Waals surface area contributed by atoms with Crippen molar-refractivity contribution in [3.63, 3.8) is 0 Å². The third kappa shape index (κ3) is 3.40. The number of hydrogen-bond acceptors (Lipinski definition) is 4. The Morgan fingerprint density at radius 2 is 1.79 bits per heavy atom. The maximum Gasteiger partial charge on any atom is 0.251 e. The molecule has 29 heavy (non-hydrogen) atoms. The first kappa shape index (κ1) is 19.8. The summed E-state index contributed by atoms with van der Waals surface area (Å²) in [6.45, 7) is 4.58. The fourth-order valence-corrected chi connectivity index (χ4v) is 5.76. The fourth-order valence-electron chi connectivity index (χ4n) is 4.24. The highest BCUT2D eigenvalue weighted by atomic mass is 32.2. The van der Waals surface area contributed by atoms with Gasteiger partial charge in [-0.15, -0.1) is 0 Å². The van der Waals surface area contributed by atoms with Gasteiger partial charge in [-0.3, -0.25) is 9.59 Å². The first-order valence-electron chi connectivity index (χ1n) is 9.94. The summed E-state index contributed by atoms with van der Waals surface area (Å²) in [6, 6.07) is 9.46. The second-order valence-electron chi connectivity index (χ2n) is 7.79. The van der Waals surface area contributed by atoms with Crippen LogP contribution in [0.3, 0.4) is 0 Å². The van der Waals surface area contributed by atoms with Gasteiger partial charge in [-0.2, -0.15) is 4.31 Å². The van der Waals surface area contributed by atoms with Crippen molar-refractivity contribution in [1.82, 2.24) is 8.87 Å². The van der Waals surface area contributed by atoms with Gasteiger partial charge in [-0.05, 0) is 50.8 Å². The van der Waals surface area contributed by atoms with E-state index in [1.165, 1.54) is 27.2 Å². The highest BCUT2D eigenvalue weighted by Crippen LogP contribution is 2.33. The number of nitrogens with zero attached hydrogens (tertiary/aromatic N) is 3. The van der Waals surface area contributed by atoms with Crippen LogP contribution in [0.15, 0.2) is 52.3 Å². The quantitative estimate of drug-likeness (QED) is 0.767. The molecule has 0 N–H and O–H groups in total. The normalized spacial score (nSPS) is 20.6. The van der Waals surface area contributed by atoms with Crippen molar-refractivity contribution in [2.24, 2.45) is 0 Å². The molecular weight excluding hydrogens is 390 g/mol. The molecule has 1 fully saturated rings. The number of fused-ring (bicyclic) bond motifs is 1. The second-order valence-corrected chi connectivity index (χ2v) is 9.73. The SMILES string of the molecule is CC1Cc2ccccc2N1C(=O)C(C)n1cc(S(=O)(=O)N2CCCC2)ccc1=O. The van der Waals surface area contributed by atoms with Crippen LogP contribution in [0.4, 0.5) is 5.69 Å². The summed E-state index contributed by atoms with van der Waals surface area (Å²) in [4.78, 5) is 27.6. The van der Waals surface area contributed by atoms with Gasteiger partial charge in [0, 0.05) is 37.1 Å². The molecule has 3 heterocycles. The molecule has 0 radical (unpaired) electrons. The lowest BCUT2D eigenvalue weighted by Gasteiger charge is -2.27. The molecule has 1 aromatic carbocycles. The molecule has 2 atom stereocenters. The minimum absolute atomic E-state index is 0.0189. The number of benzene rings is 1. The Kier molecular flexibility index (Phi) is 5.08. The van der Waals surface area contributed by atoms with E-state index >= 15 is 0 Å². The Morgan fingerprint density at radius 3 is 2.52 bits per heavy atom. The predicted octanol–water partition coefficient (Wildman–Crippen LogP) is 2.17.